The van der Waals surface area contributed by atoms with Crippen molar-refractivity contribution in [1.29, 1.82) is 0 Å². The van der Waals surface area contributed by atoms with Crippen LogP contribution < -0.4 is 5.32 Å². The third-order valence-corrected chi connectivity index (χ3v) is 4.63. The minimum atomic E-state index is -0.337. The molecule has 1 aliphatic heterocycles. The number of ether oxygens (including phenoxy) is 3. The third kappa shape index (κ3) is 3.48. The highest BCUT2D eigenvalue weighted by Gasteiger charge is 2.45. The summed E-state index contributed by atoms with van der Waals surface area (Å²) in [4.78, 5) is 0. The van der Waals surface area contributed by atoms with Crippen molar-refractivity contribution in [1.82, 2.24) is 5.32 Å². The van der Waals surface area contributed by atoms with Crippen molar-refractivity contribution in [3.8, 4) is 0 Å². The molecular formula is C15H27NO3. The predicted molar refractivity (Wildman–Crippen MR) is 73.0 cm³/mol. The molecule has 1 spiro atoms. The first kappa shape index (κ1) is 13.8. The van der Waals surface area contributed by atoms with Crippen molar-refractivity contribution in [3.63, 3.8) is 0 Å². The van der Waals surface area contributed by atoms with Crippen LogP contribution in [0.1, 0.15) is 45.4 Å². The summed E-state index contributed by atoms with van der Waals surface area (Å²) in [6.45, 7) is 5.53. The van der Waals surface area contributed by atoms with Gasteiger partial charge in [-0.25, -0.2) is 0 Å². The van der Waals surface area contributed by atoms with Gasteiger partial charge in [-0.15, -0.1) is 0 Å². The highest BCUT2D eigenvalue weighted by Crippen LogP contribution is 2.38. The fourth-order valence-electron chi connectivity index (χ4n) is 3.33. The number of hydrogen-bond acceptors (Lipinski definition) is 4. The molecular weight excluding hydrogens is 242 g/mol. The molecule has 2 aliphatic carbocycles. The molecule has 0 aromatic heterocycles. The van der Waals surface area contributed by atoms with Crippen molar-refractivity contribution in [2.75, 3.05) is 26.4 Å². The standard InChI is InChI=1S/C15H27NO3/c1-2-16-13-5-7-15(18-9-10-19-15)11-14(13)17-8-6-12-3-4-12/h12-14,16H,2-11H2,1H3. The lowest BCUT2D eigenvalue weighted by Gasteiger charge is -2.41. The Hall–Kier alpha value is -0.160. The summed E-state index contributed by atoms with van der Waals surface area (Å²) in [5.74, 6) is 0.602. The highest BCUT2D eigenvalue weighted by atomic mass is 16.7. The summed E-state index contributed by atoms with van der Waals surface area (Å²) in [7, 11) is 0. The second-order valence-corrected chi connectivity index (χ2v) is 6.16. The molecule has 0 bridgehead atoms. The fourth-order valence-corrected chi connectivity index (χ4v) is 3.33. The molecule has 0 aromatic carbocycles. The fraction of sp³-hybridized carbons (Fsp3) is 1.00. The minimum absolute atomic E-state index is 0.241. The lowest BCUT2D eigenvalue weighted by atomic mass is 9.87. The van der Waals surface area contributed by atoms with E-state index in [4.69, 9.17) is 14.2 Å². The Morgan fingerprint density at radius 1 is 1.21 bits per heavy atom. The van der Waals surface area contributed by atoms with Crippen molar-refractivity contribution in [2.45, 2.75) is 63.4 Å². The quantitative estimate of drug-likeness (QED) is 0.801. The van der Waals surface area contributed by atoms with Crippen LogP contribution in [0.25, 0.3) is 0 Å². The van der Waals surface area contributed by atoms with E-state index >= 15 is 0 Å². The maximum Gasteiger partial charge on any atom is 0.171 e. The van der Waals surface area contributed by atoms with Gasteiger partial charge in [-0.1, -0.05) is 19.8 Å². The topological polar surface area (TPSA) is 39.7 Å². The molecule has 3 rings (SSSR count). The Bertz CT molecular complexity index is 287. The zero-order valence-electron chi connectivity index (χ0n) is 12.0. The molecule has 2 unspecified atom stereocenters. The predicted octanol–water partition coefficient (Wildman–Crippen LogP) is 2.08. The summed E-state index contributed by atoms with van der Waals surface area (Å²) in [5, 5.41) is 3.56. The Balaban J connectivity index is 1.53. The van der Waals surface area contributed by atoms with Crippen LogP contribution in [0.2, 0.25) is 0 Å². The van der Waals surface area contributed by atoms with Crippen molar-refractivity contribution >= 4 is 0 Å². The van der Waals surface area contributed by atoms with Gasteiger partial charge < -0.3 is 19.5 Å². The smallest absolute Gasteiger partial charge is 0.171 e. The van der Waals surface area contributed by atoms with E-state index in [2.05, 4.69) is 12.2 Å². The zero-order valence-corrected chi connectivity index (χ0v) is 12.0. The van der Waals surface area contributed by atoms with Crippen LogP contribution in [0.5, 0.6) is 0 Å². The van der Waals surface area contributed by atoms with Crippen LogP contribution in [0.3, 0.4) is 0 Å². The normalized spacial score (nSPS) is 33.9. The van der Waals surface area contributed by atoms with E-state index in [-0.39, 0.29) is 11.9 Å². The molecule has 1 heterocycles. The summed E-state index contributed by atoms with van der Waals surface area (Å²) < 4.78 is 17.9. The van der Waals surface area contributed by atoms with E-state index in [1.54, 1.807) is 0 Å². The maximum absolute atomic E-state index is 6.16. The monoisotopic (exact) mass is 269 g/mol. The molecule has 1 saturated heterocycles. The van der Waals surface area contributed by atoms with Gasteiger partial charge in [-0.3, -0.25) is 0 Å². The summed E-state index contributed by atoms with van der Waals surface area (Å²) >= 11 is 0. The van der Waals surface area contributed by atoms with Crippen molar-refractivity contribution in [3.05, 3.63) is 0 Å². The van der Waals surface area contributed by atoms with E-state index in [9.17, 15) is 0 Å². The lowest BCUT2D eigenvalue weighted by Crippen LogP contribution is -2.52. The van der Waals surface area contributed by atoms with E-state index in [0.717, 1.165) is 51.5 Å². The van der Waals surface area contributed by atoms with Crippen LogP contribution in [0.15, 0.2) is 0 Å². The van der Waals surface area contributed by atoms with Crippen LogP contribution in [-0.2, 0) is 14.2 Å². The molecule has 4 heteroatoms. The van der Waals surface area contributed by atoms with E-state index < -0.39 is 0 Å². The van der Waals surface area contributed by atoms with Crippen LogP contribution in [0.4, 0.5) is 0 Å². The maximum atomic E-state index is 6.16. The van der Waals surface area contributed by atoms with Gasteiger partial charge in [0.1, 0.15) is 0 Å². The molecule has 19 heavy (non-hydrogen) atoms. The average Bonchev–Trinajstić information content (AvgIpc) is 3.13. The van der Waals surface area contributed by atoms with Gasteiger partial charge in [-0.2, -0.15) is 0 Å². The first-order valence-electron chi connectivity index (χ1n) is 7.94. The zero-order chi connectivity index (χ0) is 13.1. The van der Waals surface area contributed by atoms with Crippen LogP contribution >= 0.6 is 0 Å². The van der Waals surface area contributed by atoms with Gasteiger partial charge in [-0.05, 0) is 25.3 Å². The van der Waals surface area contributed by atoms with Crippen LogP contribution in [-0.4, -0.2) is 44.3 Å². The SMILES string of the molecule is CCNC1CCC2(CC1OCCC1CC1)OCCO2. The molecule has 1 N–H and O–H groups in total. The highest BCUT2D eigenvalue weighted by molar-refractivity contribution is 4.92. The second kappa shape index (κ2) is 6.08. The lowest BCUT2D eigenvalue weighted by molar-refractivity contribution is -0.207. The van der Waals surface area contributed by atoms with E-state index in [1.165, 1.54) is 19.3 Å². The minimum Gasteiger partial charge on any atom is -0.376 e. The molecule has 2 atom stereocenters. The molecule has 110 valence electrons. The number of hydrogen-bond donors (Lipinski definition) is 1. The van der Waals surface area contributed by atoms with Crippen LogP contribution in [0, 0.1) is 5.92 Å². The molecule has 0 radical (unpaired) electrons. The molecule has 3 fully saturated rings. The van der Waals surface area contributed by atoms with Gasteiger partial charge >= 0.3 is 0 Å². The Morgan fingerprint density at radius 2 is 2.00 bits per heavy atom. The number of nitrogens with one attached hydrogen (secondary N) is 1. The molecule has 0 aromatic rings. The summed E-state index contributed by atoms with van der Waals surface area (Å²) in [5.41, 5.74) is 0. The van der Waals surface area contributed by atoms with Gasteiger partial charge in [0, 0.05) is 25.5 Å². The first-order valence-corrected chi connectivity index (χ1v) is 7.94. The molecule has 4 nitrogen and oxygen atoms in total. The van der Waals surface area contributed by atoms with Gasteiger partial charge in [0.2, 0.25) is 0 Å². The van der Waals surface area contributed by atoms with Gasteiger partial charge in [0.15, 0.2) is 5.79 Å². The van der Waals surface area contributed by atoms with Gasteiger partial charge in [0.25, 0.3) is 0 Å². The van der Waals surface area contributed by atoms with E-state index in [1.807, 2.05) is 0 Å². The van der Waals surface area contributed by atoms with Gasteiger partial charge in [0.05, 0.1) is 19.3 Å². The van der Waals surface area contributed by atoms with Crippen molar-refractivity contribution in [2.24, 2.45) is 5.92 Å². The number of likely N-dealkylation sites (N-methyl/N-ethyl adjacent to an activating group) is 1. The van der Waals surface area contributed by atoms with E-state index in [0.29, 0.717) is 6.04 Å². The molecule has 0 amide bonds. The average molecular weight is 269 g/mol. The first-order chi connectivity index (χ1) is 9.31. The Morgan fingerprint density at radius 3 is 2.68 bits per heavy atom. The second-order valence-electron chi connectivity index (χ2n) is 6.16. The molecule has 2 saturated carbocycles. The Labute approximate surface area is 116 Å². The summed E-state index contributed by atoms with van der Waals surface area (Å²) in [6, 6.07) is 0.461. The molecule has 3 aliphatic rings. The number of rotatable bonds is 6. The largest absolute Gasteiger partial charge is 0.376 e. The summed E-state index contributed by atoms with van der Waals surface area (Å²) in [6.07, 6.45) is 7.24. The Kier molecular flexibility index (Phi) is 4.42. The van der Waals surface area contributed by atoms with Crippen molar-refractivity contribution < 1.29 is 14.2 Å². The third-order valence-electron chi connectivity index (χ3n) is 4.63.